The Morgan fingerprint density at radius 1 is 0.870 bits per heavy atom. The van der Waals surface area contributed by atoms with Crippen LogP contribution in [0.25, 0.3) is 0 Å². The third-order valence-corrected chi connectivity index (χ3v) is 5.65. The maximum Gasteiger partial charge on any atom is 0.280 e. The molecular formula is C17H25N3O2S. The molecule has 2 aliphatic carbocycles. The molecule has 0 atom stereocenters. The van der Waals surface area contributed by atoms with Gasteiger partial charge in [-0.3, -0.25) is 9.59 Å². The molecule has 1 aromatic rings. The quantitative estimate of drug-likeness (QED) is 0.830. The topological polar surface area (TPSA) is 71.1 Å². The molecule has 0 unspecified atom stereocenters. The maximum absolute atomic E-state index is 12.3. The number of nitrogens with one attached hydrogen (secondary N) is 2. The van der Waals surface area contributed by atoms with Crippen LogP contribution in [0.5, 0.6) is 0 Å². The molecule has 0 bridgehead atoms. The lowest BCUT2D eigenvalue weighted by atomic mass is 10.1. The zero-order valence-electron chi connectivity index (χ0n) is 13.5. The fourth-order valence-corrected chi connectivity index (χ4v) is 4.18. The summed E-state index contributed by atoms with van der Waals surface area (Å²) in [5.74, 6) is -0.288. The van der Waals surface area contributed by atoms with Crippen LogP contribution < -0.4 is 10.6 Å². The van der Waals surface area contributed by atoms with Crippen molar-refractivity contribution in [2.24, 2.45) is 0 Å². The van der Waals surface area contributed by atoms with Crippen molar-refractivity contribution >= 4 is 23.2 Å². The number of aromatic nitrogens is 1. The maximum atomic E-state index is 12.3. The predicted molar refractivity (Wildman–Crippen MR) is 90.8 cm³/mol. The molecule has 1 aromatic heterocycles. The highest BCUT2D eigenvalue weighted by Gasteiger charge is 2.22. The molecule has 1 heterocycles. The van der Waals surface area contributed by atoms with Crippen molar-refractivity contribution in [2.75, 3.05) is 0 Å². The zero-order valence-corrected chi connectivity index (χ0v) is 14.3. The summed E-state index contributed by atoms with van der Waals surface area (Å²) < 4.78 is 0. The fraction of sp³-hybridized carbons (Fsp3) is 0.706. The van der Waals surface area contributed by atoms with Gasteiger partial charge in [0.25, 0.3) is 11.8 Å². The molecule has 5 nitrogen and oxygen atoms in total. The Labute approximate surface area is 141 Å². The predicted octanol–water partition coefficient (Wildman–Crippen LogP) is 3.27. The van der Waals surface area contributed by atoms with E-state index in [-0.39, 0.29) is 23.9 Å². The summed E-state index contributed by atoms with van der Waals surface area (Å²) in [7, 11) is 0. The molecule has 0 spiro atoms. The molecule has 2 aliphatic rings. The van der Waals surface area contributed by atoms with Crippen molar-refractivity contribution in [3.63, 3.8) is 0 Å². The van der Waals surface area contributed by atoms with Gasteiger partial charge in [0.15, 0.2) is 5.01 Å². The van der Waals surface area contributed by atoms with Crippen LogP contribution in [-0.2, 0) is 0 Å². The Kier molecular flexibility index (Phi) is 5.65. The van der Waals surface area contributed by atoms with Crippen LogP contribution in [-0.4, -0.2) is 28.9 Å². The molecule has 2 N–H and O–H groups in total. The minimum Gasteiger partial charge on any atom is -0.348 e. The van der Waals surface area contributed by atoms with Gasteiger partial charge in [-0.2, -0.15) is 0 Å². The van der Waals surface area contributed by atoms with E-state index in [0.29, 0.717) is 10.7 Å². The van der Waals surface area contributed by atoms with Gasteiger partial charge in [-0.05, 0) is 25.7 Å². The summed E-state index contributed by atoms with van der Waals surface area (Å²) in [5, 5.41) is 8.17. The number of nitrogens with zero attached hydrogens (tertiary/aromatic N) is 1. The summed E-state index contributed by atoms with van der Waals surface area (Å²) in [6, 6.07) is 0.525. The van der Waals surface area contributed by atoms with Crippen molar-refractivity contribution in [3.05, 3.63) is 16.1 Å². The summed E-state index contributed by atoms with van der Waals surface area (Å²) in [6.07, 6.45) is 11.4. The average Bonchev–Trinajstić information content (AvgIpc) is 3.16. The molecule has 2 saturated carbocycles. The van der Waals surface area contributed by atoms with Crippen LogP contribution in [0.3, 0.4) is 0 Å². The number of carbonyl (C=O) groups excluding carboxylic acids is 2. The lowest BCUT2D eigenvalue weighted by Crippen LogP contribution is -2.35. The molecule has 0 radical (unpaired) electrons. The molecule has 23 heavy (non-hydrogen) atoms. The van der Waals surface area contributed by atoms with Gasteiger partial charge in [0.2, 0.25) is 0 Å². The number of carbonyl (C=O) groups is 2. The molecule has 2 amide bonds. The Hall–Kier alpha value is -1.43. The number of thiazole rings is 1. The Balaban J connectivity index is 1.54. The first-order chi connectivity index (χ1) is 11.2. The number of amides is 2. The molecule has 3 rings (SSSR count). The van der Waals surface area contributed by atoms with E-state index in [4.69, 9.17) is 0 Å². The standard InChI is InChI=1S/C17H25N3O2S/c21-15(18-12-7-3-1-2-4-8-12)14-11-23-17(20-14)16(22)19-13-9-5-6-10-13/h11-13H,1-10H2,(H,18,21)(H,19,22). The van der Waals surface area contributed by atoms with Gasteiger partial charge in [0, 0.05) is 17.5 Å². The third kappa shape index (κ3) is 4.53. The van der Waals surface area contributed by atoms with Gasteiger partial charge >= 0.3 is 0 Å². The van der Waals surface area contributed by atoms with Gasteiger partial charge in [-0.1, -0.05) is 38.5 Å². The Morgan fingerprint density at radius 3 is 2.00 bits per heavy atom. The van der Waals surface area contributed by atoms with Crippen molar-refractivity contribution in [3.8, 4) is 0 Å². The highest BCUT2D eigenvalue weighted by molar-refractivity contribution is 7.11. The van der Waals surface area contributed by atoms with Gasteiger partial charge in [0.05, 0.1) is 0 Å². The largest absolute Gasteiger partial charge is 0.348 e. The van der Waals surface area contributed by atoms with Gasteiger partial charge in [-0.25, -0.2) is 4.98 Å². The van der Waals surface area contributed by atoms with Crippen molar-refractivity contribution in [1.29, 1.82) is 0 Å². The Bertz CT molecular complexity index is 544. The normalized spacial score (nSPS) is 20.2. The lowest BCUT2D eigenvalue weighted by Gasteiger charge is -2.15. The van der Waals surface area contributed by atoms with Crippen molar-refractivity contribution in [1.82, 2.24) is 15.6 Å². The summed E-state index contributed by atoms with van der Waals surface area (Å²) in [6.45, 7) is 0. The molecule has 0 aliphatic heterocycles. The smallest absolute Gasteiger partial charge is 0.280 e. The molecule has 126 valence electrons. The molecule has 0 aromatic carbocycles. The Morgan fingerprint density at radius 2 is 1.39 bits per heavy atom. The first-order valence-electron chi connectivity index (χ1n) is 8.79. The van der Waals surface area contributed by atoms with Gasteiger partial charge in [0.1, 0.15) is 5.69 Å². The monoisotopic (exact) mass is 335 g/mol. The van der Waals surface area contributed by atoms with Crippen LogP contribution in [0.1, 0.15) is 84.5 Å². The third-order valence-electron chi connectivity index (χ3n) is 4.81. The molecule has 0 saturated heterocycles. The molecule has 2 fully saturated rings. The lowest BCUT2D eigenvalue weighted by molar-refractivity contribution is 0.0928. The van der Waals surface area contributed by atoms with Crippen LogP contribution in [0.4, 0.5) is 0 Å². The minimum atomic E-state index is -0.145. The van der Waals surface area contributed by atoms with Crippen molar-refractivity contribution < 1.29 is 9.59 Å². The number of hydrogen-bond donors (Lipinski definition) is 2. The van der Waals surface area contributed by atoms with E-state index < -0.39 is 0 Å². The summed E-state index contributed by atoms with van der Waals surface area (Å²) in [5.41, 5.74) is 0.371. The first kappa shape index (κ1) is 16.4. The molecular weight excluding hydrogens is 310 g/mol. The van der Waals surface area contributed by atoms with E-state index in [2.05, 4.69) is 15.6 Å². The second-order valence-corrected chi connectivity index (χ2v) is 7.51. The van der Waals surface area contributed by atoms with E-state index in [1.54, 1.807) is 5.38 Å². The molecule has 6 heteroatoms. The van der Waals surface area contributed by atoms with Crippen LogP contribution in [0.15, 0.2) is 5.38 Å². The first-order valence-corrected chi connectivity index (χ1v) is 9.67. The average molecular weight is 335 g/mol. The van der Waals surface area contributed by atoms with Gasteiger partial charge in [-0.15, -0.1) is 11.3 Å². The van der Waals surface area contributed by atoms with E-state index >= 15 is 0 Å². The van der Waals surface area contributed by atoms with E-state index in [9.17, 15) is 9.59 Å². The summed E-state index contributed by atoms with van der Waals surface area (Å²) in [4.78, 5) is 28.7. The van der Waals surface area contributed by atoms with Gasteiger partial charge < -0.3 is 10.6 Å². The second-order valence-electron chi connectivity index (χ2n) is 6.65. The SMILES string of the molecule is O=C(NC1CCCCCC1)c1csc(C(=O)NC2CCCC2)n1. The zero-order chi connectivity index (χ0) is 16.1. The van der Waals surface area contributed by atoms with Crippen molar-refractivity contribution in [2.45, 2.75) is 76.3 Å². The highest BCUT2D eigenvalue weighted by atomic mass is 32.1. The van der Waals surface area contributed by atoms with E-state index in [1.165, 1.54) is 49.9 Å². The number of rotatable bonds is 4. The van der Waals surface area contributed by atoms with Crippen LogP contribution >= 0.6 is 11.3 Å². The number of hydrogen-bond acceptors (Lipinski definition) is 4. The van der Waals surface area contributed by atoms with Crippen LogP contribution in [0, 0.1) is 0 Å². The van der Waals surface area contributed by atoms with Crippen LogP contribution in [0.2, 0.25) is 0 Å². The fourth-order valence-electron chi connectivity index (χ4n) is 3.48. The highest BCUT2D eigenvalue weighted by Crippen LogP contribution is 2.20. The van der Waals surface area contributed by atoms with E-state index in [1.807, 2.05) is 0 Å². The summed E-state index contributed by atoms with van der Waals surface area (Å²) >= 11 is 1.25. The second kappa shape index (κ2) is 7.90. The van der Waals surface area contributed by atoms with E-state index in [0.717, 1.165) is 25.7 Å². The minimum absolute atomic E-state index is 0.143.